The maximum atomic E-state index is 2.61. The van der Waals surface area contributed by atoms with E-state index in [1.807, 2.05) is 0 Å². The van der Waals surface area contributed by atoms with Crippen molar-refractivity contribution in [3.63, 3.8) is 0 Å². The second-order valence-electron chi connectivity index (χ2n) is 4.60. The molecular weight excluding hydrogens is 134 g/mol. The lowest BCUT2D eigenvalue weighted by Crippen LogP contribution is -2.38. The van der Waals surface area contributed by atoms with E-state index in [2.05, 4.69) is 18.9 Å². The standard InChI is InChI=1S/C10H19N/c1-9-4-6-10(8-9)5-3-7-11(10)2/h9H,3-8H2,1-2H3/t9-,10+/m0/s1. The van der Waals surface area contributed by atoms with Crippen molar-refractivity contribution < 1.29 is 0 Å². The summed E-state index contributed by atoms with van der Waals surface area (Å²) in [5.74, 6) is 0.982. The van der Waals surface area contributed by atoms with E-state index < -0.39 is 0 Å². The minimum Gasteiger partial charge on any atom is -0.301 e. The van der Waals surface area contributed by atoms with Gasteiger partial charge in [0.15, 0.2) is 0 Å². The van der Waals surface area contributed by atoms with Gasteiger partial charge in [0.1, 0.15) is 0 Å². The summed E-state index contributed by atoms with van der Waals surface area (Å²) in [4.78, 5) is 2.61. The zero-order valence-corrected chi connectivity index (χ0v) is 7.77. The molecule has 2 fully saturated rings. The first-order valence-electron chi connectivity index (χ1n) is 4.94. The fraction of sp³-hybridized carbons (Fsp3) is 1.00. The Morgan fingerprint density at radius 3 is 2.64 bits per heavy atom. The number of nitrogens with zero attached hydrogens (tertiary/aromatic N) is 1. The third-order valence-electron chi connectivity index (χ3n) is 3.78. The number of hydrogen-bond donors (Lipinski definition) is 0. The predicted octanol–water partition coefficient (Wildman–Crippen LogP) is 2.27. The largest absolute Gasteiger partial charge is 0.301 e. The SMILES string of the molecule is C[C@H]1CC[C@]2(CCCN2C)C1. The van der Waals surface area contributed by atoms with Gasteiger partial charge < -0.3 is 4.90 Å². The summed E-state index contributed by atoms with van der Waals surface area (Å²) in [6, 6.07) is 0. The van der Waals surface area contributed by atoms with Gasteiger partial charge in [-0.15, -0.1) is 0 Å². The molecule has 1 nitrogen and oxygen atoms in total. The predicted molar refractivity (Wildman–Crippen MR) is 47.6 cm³/mol. The second kappa shape index (κ2) is 2.48. The minimum absolute atomic E-state index is 0.652. The van der Waals surface area contributed by atoms with Crippen LogP contribution in [-0.2, 0) is 0 Å². The van der Waals surface area contributed by atoms with Gasteiger partial charge in [-0.05, 0) is 51.6 Å². The van der Waals surface area contributed by atoms with E-state index in [9.17, 15) is 0 Å². The summed E-state index contributed by atoms with van der Waals surface area (Å²) in [5.41, 5.74) is 0.652. The highest BCUT2D eigenvalue weighted by atomic mass is 15.2. The van der Waals surface area contributed by atoms with Crippen LogP contribution < -0.4 is 0 Å². The van der Waals surface area contributed by atoms with Gasteiger partial charge in [-0.1, -0.05) is 6.92 Å². The number of hydrogen-bond acceptors (Lipinski definition) is 1. The Kier molecular flexibility index (Phi) is 1.71. The van der Waals surface area contributed by atoms with Crippen molar-refractivity contribution in [3.8, 4) is 0 Å². The number of rotatable bonds is 0. The highest BCUT2D eigenvalue weighted by molar-refractivity contribution is 4.99. The van der Waals surface area contributed by atoms with Gasteiger partial charge in [0, 0.05) is 5.54 Å². The molecular formula is C10H19N. The summed E-state index contributed by atoms with van der Waals surface area (Å²) in [6.45, 7) is 3.74. The highest BCUT2D eigenvalue weighted by Gasteiger charge is 2.43. The molecule has 0 N–H and O–H groups in total. The summed E-state index contributed by atoms with van der Waals surface area (Å²) in [7, 11) is 2.31. The summed E-state index contributed by atoms with van der Waals surface area (Å²) < 4.78 is 0. The lowest BCUT2D eigenvalue weighted by Gasteiger charge is -2.32. The van der Waals surface area contributed by atoms with Crippen LogP contribution in [0.4, 0.5) is 0 Å². The normalized spacial score (nSPS) is 45.8. The second-order valence-corrected chi connectivity index (χ2v) is 4.60. The molecule has 1 heteroatoms. The van der Waals surface area contributed by atoms with Crippen molar-refractivity contribution >= 4 is 0 Å². The van der Waals surface area contributed by atoms with Crippen molar-refractivity contribution in [2.75, 3.05) is 13.6 Å². The zero-order valence-electron chi connectivity index (χ0n) is 7.77. The molecule has 11 heavy (non-hydrogen) atoms. The van der Waals surface area contributed by atoms with E-state index in [1.165, 1.54) is 38.6 Å². The Morgan fingerprint density at radius 2 is 2.18 bits per heavy atom. The molecule has 0 amide bonds. The van der Waals surface area contributed by atoms with E-state index in [4.69, 9.17) is 0 Å². The van der Waals surface area contributed by atoms with Gasteiger partial charge in [0.05, 0.1) is 0 Å². The van der Waals surface area contributed by atoms with Crippen molar-refractivity contribution in [1.29, 1.82) is 0 Å². The van der Waals surface area contributed by atoms with Gasteiger partial charge in [-0.25, -0.2) is 0 Å². The molecule has 0 aromatic carbocycles. The Balaban J connectivity index is 2.10. The van der Waals surface area contributed by atoms with Crippen molar-refractivity contribution in [2.24, 2.45) is 5.92 Å². The third-order valence-corrected chi connectivity index (χ3v) is 3.78. The molecule has 1 aliphatic carbocycles. The maximum Gasteiger partial charge on any atom is 0.0209 e. The van der Waals surface area contributed by atoms with Crippen LogP contribution in [0.2, 0.25) is 0 Å². The van der Waals surface area contributed by atoms with E-state index in [-0.39, 0.29) is 0 Å². The molecule has 1 spiro atoms. The monoisotopic (exact) mass is 153 g/mol. The molecule has 1 saturated carbocycles. The third kappa shape index (κ3) is 1.10. The zero-order chi connectivity index (χ0) is 7.90. The van der Waals surface area contributed by atoms with Crippen LogP contribution in [0.3, 0.4) is 0 Å². The molecule has 1 aliphatic heterocycles. The van der Waals surface area contributed by atoms with E-state index >= 15 is 0 Å². The fourth-order valence-corrected chi connectivity index (χ4v) is 3.01. The van der Waals surface area contributed by atoms with Crippen LogP contribution in [0.5, 0.6) is 0 Å². The van der Waals surface area contributed by atoms with Crippen LogP contribution in [0.15, 0.2) is 0 Å². The van der Waals surface area contributed by atoms with Crippen LogP contribution in [0.1, 0.15) is 39.0 Å². The average molecular weight is 153 g/mol. The van der Waals surface area contributed by atoms with Crippen molar-refractivity contribution in [3.05, 3.63) is 0 Å². The van der Waals surface area contributed by atoms with Gasteiger partial charge in [-0.3, -0.25) is 0 Å². The quantitative estimate of drug-likeness (QED) is 0.516. The molecule has 0 radical (unpaired) electrons. The number of likely N-dealkylation sites (tertiary alicyclic amines) is 1. The van der Waals surface area contributed by atoms with E-state index in [1.54, 1.807) is 0 Å². The summed E-state index contributed by atoms with van der Waals surface area (Å²) in [6.07, 6.45) is 7.29. The first-order valence-corrected chi connectivity index (χ1v) is 4.94. The van der Waals surface area contributed by atoms with E-state index in [0.717, 1.165) is 5.92 Å². The molecule has 0 bridgehead atoms. The molecule has 1 heterocycles. The molecule has 0 aromatic heterocycles. The van der Waals surface area contributed by atoms with Gasteiger partial charge >= 0.3 is 0 Å². The van der Waals surface area contributed by atoms with Gasteiger partial charge in [0.2, 0.25) is 0 Å². The van der Waals surface area contributed by atoms with Crippen molar-refractivity contribution in [2.45, 2.75) is 44.6 Å². The first kappa shape index (κ1) is 7.60. The lowest BCUT2D eigenvalue weighted by atomic mass is 9.93. The Bertz CT molecular complexity index is 155. The molecule has 0 aromatic rings. The van der Waals surface area contributed by atoms with Crippen LogP contribution >= 0.6 is 0 Å². The molecule has 1 saturated heterocycles. The Labute approximate surface area is 69.8 Å². The van der Waals surface area contributed by atoms with E-state index in [0.29, 0.717) is 5.54 Å². The minimum atomic E-state index is 0.652. The molecule has 2 aliphatic rings. The Hall–Kier alpha value is -0.0400. The summed E-state index contributed by atoms with van der Waals surface area (Å²) >= 11 is 0. The first-order chi connectivity index (χ1) is 5.23. The smallest absolute Gasteiger partial charge is 0.0209 e. The molecule has 0 unspecified atom stereocenters. The fourth-order valence-electron chi connectivity index (χ4n) is 3.01. The highest BCUT2D eigenvalue weighted by Crippen LogP contribution is 2.44. The van der Waals surface area contributed by atoms with Crippen LogP contribution in [-0.4, -0.2) is 24.0 Å². The average Bonchev–Trinajstić information content (AvgIpc) is 2.46. The molecule has 64 valence electrons. The molecule has 2 rings (SSSR count). The molecule has 2 atom stereocenters. The van der Waals surface area contributed by atoms with Crippen molar-refractivity contribution in [1.82, 2.24) is 4.90 Å². The van der Waals surface area contributed by atoms with Crippen LogP contribution in [0, 0.1) is 5.92 Å². The lowest BCUT2D eigenvalue weighted by molar-refractivity contribution is 0.175. The Morgan fingerprint density at radius 1 is 1.36 bits per heavy atom. The van der Waals surface area contributed by atoms with Gasteiger partial charge in [0.25, 0.3) is 0 Å². The topological polar surface area (TPSA) is 3.24 Å². The van der Waals surface area contributed by atoms with Crippen LogP contribution in [0.25, 0.3) is 0 Å². The maximum absolute atomic E-state index is 2.61. The van der Waals surface area contributed by atoms with Gasteiger partial charge in [-0.2, -0.15) is 0 Å². The summed E-state index contributed by atoms with van der Waals surface area (Å²) in [5, 5.41) is 0.